The number of nitrogens with zero attached hydrogens (tertiary/aromatic N) is 2. The predicted molar refractivity (Wildman–Crippen MR) is 159 cm³/mol. The van der Waals surface area contributed by atoms with Crippen LogP contribution in [0.25, 0.3) is 0 Å². The monoisotopic (exact) mass is 581 g/mol. The second-order valence-electron chi connectivity index (χ2n) is 10.4. The van der Waals surface area contributed by atoms with Crippen LogP contribution in [0, 0.1) is 13.8 Å². The Labute approximate surface area is 242 Å². The first-order valence-electron chi connectivity index (χ1n) is 13.0. The molecule has 0 bridgehead atoms. The quantitative estimate of drug-likeness (QED) is 0.305. The fraction of sp³-hybridized carbons (Fsp3) is 0.379. The summed E-state index contributed by atoms with van der Waals surface area (Å²) >= 11 is 2.52. The molecule has 0 saturated carbocycles. The highest BCUT2D eigenvalue weighted by molar-refractivity contribution is 8.00. The van der Waals surface area contributed by atoms with Gasteiger partial charge in [-0.1, -0.05) is 65.9 Å². The lowest BCUT2D eigenvalue weighted by molar-refractivity contribution is -0.147. The van der Waals surface area contributed by atoms with Crippen LogP contribution in [-0.4, -0.2) is 61.5 Å². The molecule has 4 rings (SSSR count). The minimum atomic E-state index is -1.59. The minimum Gasteiger partial charge on any atom is -0.381 e. The number of benzene rings is 2. The van der Waals surface area contributed by atoms with Crippen molar-refractivity contribution in [2.24, 2.45) is 0 Å². The summed E-state index contributed by atoms with van der Waals surface area (Å²) in [4.78, 5) is 46.3. The molecule has 1 fully saturated rings. The third kappa shape index (κ3) is 6.65. The zero-order chi connectivity index (χ0) is 29.0. The van der Waals surface area contributed by atoms with Gasteiger partial charge in [-0.25, -0.2) is 4.98 Å². The number of aliphatic hydroxyl groups is 1. The number of hydrogen-bond donors (Lipinski definition) is 4. The molecule has 1 aromatic heterocycles. The lowest BCUT2D eigenvalue weighted by atomic mass is 9.97. The average Bonchev–Trinajstić information content (AvgIpc) is 3.44. The Morgan fingerprint density at radius 1 is 1.12 bits per heavy atom. The van der Waals surface area contributed by atoms with Crippen molar-refractivity contribution >= 4 is 46.0 Å². The van der Waals surface area contributed by atoms with Gasteiger partial charge in [0.05, 0.1) is 17.6 Å². The Morgan fingerprint density at radius 2 is 1.80 bits per heavy atom. The highest BCUT2D eigenvalue weighted by Crippen LogP contribution is 2.40. The topological polar surface area (TPSA) is 138 Å². The number of nitrogens with one attached hydrogen (secondary N) is 2. The Morgan fingerprint density at radius 3 is 2.45 bits per heavy atom. The standard InChI is InChI=1S/C29H35N5O4S2/c1-17-10-8-9-13-20(17)15-31-26(37)24-29(3,4)39-16-34(24)27(38)22(35)21(14-19-11-6-5-7-12-19)33-25(36)23-18(2)32-28(30)40-23/h5-13,21-22,24,35H,14-16H2,1-4H3,(H2,30,32)(H,31,37)(H,33,36)/t21-,22?,24?/m0/s1. The largest absolute Gasteiger partial charge is 0.381 e. The molecule has 2 heterocycles. The van der Waals surface area contributed by atoms with E-state index in [1.165, 1.54) is 16.7 Å². The number of rotatable bonds is 9. The molecule has 3 amide bonds. The number of thiazole rings is 1. The molecule has 1 saturated heterocycles. The number of hydrogen-bond acceptors (Lipinski definition) is 8. The molecule has 11 heteroatoms. The highest BCUT2D eigenvalue weighted by Gasteiger charge is 2.49. The Hall–Kier alpha value is -3.41. The molecular formula is C29H35N5O4S2. The molecule has 0 radical (unpaired) electrons. The van der Waals surface area contributed by atoms with Gasteiger partial charge in [0, 0.05) is 11.3 Å². The zero-order valence-corrected chi connectivity index (χ0v) is 24.6. The predicted octanol–water partition coefficient (Wildman–Crippen LogP) is 3.04. The lowest BCUT2D eigenvalue weighted by Gasteiger charge is -2.33. The summed E-state index contributed by atoms with van der Waals surface area (Å²) < 4.78 is -0.583. The summed E-state index contributed by atoms with van der Waals surface area (Å²) in [5, 5.41) is 17.5. The fourth-order valence-corrected chi connectivity index (χ4v) is 6.69. The Kier molecular flexibility index (Phi) is 9.17. The smallest absolute Gasteiger partial charge is 0.263 e. The summed E-state index contributed by atoms with van der Waals surface area (Å²) in [6.45, 7) is 7.81. The van der Waals surface area contributed by atoms with E-state index in [4.69, 9.17) is 5.73 Å². The third-order valence-corrected chi connectivity index (χ3v) is 9.42. The number of nitrogens with two attached hydrogens (primary N) is 1. The van der Waals surface area contributed by atoms with Crippen LogP contribution in [0.1, 0.15) is 45.9 Å². The molecule has 3 aromatic rings. The molecule has 2 unspecified atom stereocenters. The van der Waals surface area contributed by atoms with E-state index < -0.39 is 34.7 Å². The molecule has 1 aliphatic heterocycles. The van der Waals surface area contributed by atoms with Crippen LogP contribution in [0.4, 0.5) is 5.13 Å². The zero-order valence-electron chi connectivity index (χ0n) is 23.0. The Balaban J connectivity index is 1.55. The molecule has 3 atom stereocenters. The van der Waals surface area contributed by atoms with E-state index in [1.54, 1.807) is 6.92 Å². The number of carbonyl (C=O) groups is 3. The van der Waals surface area contributed by atoms with E-state index >= 15 is 0 Å². The van der Waals surface area contributed by atoms with Crippen molar-refractivity contribution in [1.82, 2.24) is 20.5 Å². The summed E-state index contributed by atoms with van der Waals surface area (Å²) in [6.07, 6.45) is -1.38. The third-order valence-electron chi connectivity index (χ3n) is 7.06. The lowest BCUT2D eigenvalue weighted by Crippen LogP contribution is -2.58. The number of aromatic nitrogens is 1. The van der Waals surface area contributed by atoms with Crippen molar-refractivity contribution in [1.29, 1.82) is 0 Å². The van der Waals surface area contributed by atoms with Crippen LogP contribution in [0.3, 0.4) is 0 Å². The van der Waals surface area contributed by atoms with Gasteiger partial charge in [-0.3, -0.25) is 14.4 Å². The molecular weight excluding hydrogens is 546 g/mol. The molecule has 1 aliphatic rings. The van der Waals surface area contributed by atoms with Gasteiger partial charge >= 0.3 is 0 Å². The summed E-state index contributed by atoms with van der Waals surface area (Å²) in [5.74, 6) is -1.14. The van der Waals surface area contributed by atoms with Crippen LogP contribution in [0.15, 0.2) is 54.6 Å². The number of aryl methyl sites for hydroxylation is 2. The molecule has 212 valence electrons. The number of thioether (sulfide) groups is 1. The van der Waals surface area contributed by atoms with Gasteiger partial charge < -0.3 is 26.4 Å². The molecule has 40 heavy (non-hydrogen) atoms. The molecule has 5 N–H and O–H groups in total. The number of carbonyl (C=O) groups excluding carboxylic acids is 3. The maximum atomic E-state index is 13.8. The summed E-state index contributed by atoms with van der Waals surface area (Å²) in [5.41, 5.74) is 9.14. The van der Waals surface area contributed by atoms with Crippen LogP contribution < -0.4 is 16.4 Å². The van der Waals surface area contributed by atoms with Crippen molar-refractivity contribution in [3.63, 3.8) is 0 Å². The van der Waals surface area contributed by atoms with E-state index in [-0.39, 0.29) is 23.3 Å². The normalized spacial score (nSPS) is 17.7. The second kappa shape index (κ2) is 12.4. The van der Waals surface area contributed by atoms with Gasteiger partial charge in [0.15, 0.2) is 11.2 Å². The van der Waals surface area contributed by atoms with E-state index in [9.17, 15) is 19.5 Å². The van der Waals surface area contributed by atoms with E-state index in [2.05, 4.69) is 15.6 Å². The minimum absolute atomic E-state index is 0.210. The first kappa shape index (κ1) is 29.6. The van der Waals surface area contributed by atoms with Crippen LogP contribution in [0.2, 0.25) is 0 Å². The number of aliphatic hydroxyl groups excluding tert-OH is 1. The summed E-state index contributed by atoms with van der Waals surface area (Å²) in [6, 6.07) is 15.3. The highest BCUT2D eigenvalue weighted by atomic mass is 32.2. The van der Waals surface area contributed by atoms with Crippen LogP contribution >= 0.6 is 23.1 Å². The van der Waals surface area contributed by atoms with E-state index in [0.29, 0.717) is 17.1 Å². The first-order valence-corrected chi connectivity index (χ1v) is 14.8. The Bertz CT molecular complexity index is 1380. The molecule has 9 nitrogen and oxygen atoms in total. The number of amides is 3. The van der Waals surface area contributed by atoms with Crippen LogP contribution in [0.5, 0.6) is 0 Å². The first-order chi connectivity index (χ1) is 19.0. The SMILES string of the molecule is Cc1ccccc1CNC(=O)C1N(C(=O)C(O)[C@H](Cc2ccccc2)NC(=O)c2sc(N)nc2C)CSC1(C)C. The van der Waals surface area contributed by atoms with Crippen LogP contribution in [-0.2, 0) is 22.6 Å². The average molecular weight is 582 g/mol. The van der Waals surface area contributed by atoms with Gasteiger partial charge in [-0.05, 0) is 50.8 Å². The number of anilines is 1. The van der Waals surface area contributed by atoms with E-state index in [0.717, 1.165) is 28.0 Å². The van der Waals surface area contributed by atoms with Crippen molar-refractivity contribution in [2.45, 2.75) is 63.6 Å². The maximum absolute atomic E-state index is 13.8. The van der Waals surface area contributed by atoms with Gasteiger partial charge in [-0.15, -0.1) is 11.8 Å². The fourth-order valence-electron chi connectivity index (χ4n) is 4.81. The molecule has 0 spiro atoms. The summed E-state index contributed by atoms with van der Waals surface area (Å²) in [7, 11) is 0. The number of nitrogen functional groups attached to an aromatic ring is 1. The van der Waals surface area contributed by atoms with Gasteiger partial charge in [0.25, 0.3) is 11.8 Å². The van der Waals surface area contributed by atoms with Crippen molar-refractivity contribution < 1.29 is 19.5 Å². The van der Waals surface area contributed by atoms with E-state index in [1.807, 2.05) is 75.4 Å². The van der Waals surface area contributed by atoms with Crippen molar-refractivity contribution in [2.75, 3.05) is 11.6 Å². The maximum Gasteiger partial charge on any atom is 0.263 e. The van der Waals surface area contributed by atoms with Gasteiger partial charge in [0.2, 0.25) is 5.91 Å². The molecule has 0 aliphatic carbocycles. The molecule has 2 aromatic carbocycles. The van der Waals surface area contributed by atoms with Crippen molar-refractivity contribution in [3.05, 3.63) is 81.9 Å². The van der Waals surface area contributed by atoms with Crippen molar-refractivity contribution in [3.8, 4) is 0 Å². The second-order valence-corrected chi connectivity index (χ2v) is 13.0. The van der Waals surface area contributed by atoms with Gasteiger partial charge in [0.1, 0.15) is 10.9 Å². The van der Waals surface area contributed by atoms with Gasteiger partial charge in [-0.2, -0.15) is 0 Å².